The molecule has 0 aliphatic rings. The van der Waals surface area contributed by atoms with Gasteiger partial charge in [-0.05, 0) is 52.2 Å². The minimum Gasteiger partial charge on any atom is -0.388 e. The van der Waals surface area contributed by atoms with Crippen LogP contribution in [-0.2, 0) is 6.42 Å². The second-order valence-electron chi connectivity index (χ2n) is 4.57. The molecule has 0 amide bonds. The highest BCUT2D eigenvalue weighted by molar-refractivity contribution is 9.10. The quantitative estimate of drug-likeness (QED) is 0.766. The van der Waals surface area contributed by atoms with Gasteiger partial charge < -0.3 is 5.11 Å². The second-order valence-corrected chi connectivity index (χ2v) is 5.83. The minimum absolute atomic E-state index is 0.163. The minimum atomic E-state index is -1.07. The van der Waals surface area contributed by atoms with Crippen molar-refractivity contribution >= 4 is 27.5 Å². The maximum atomic E-state index is 13.9. The van der Waals surface area contributed by atoms with Gasteiger partial charge >= 0.3 is 0 Å². The van der Waals surface area contributed by atoms with Crippen LogP contribution in [-0.4, -0.2) is 5.11 Å². The lowest BCUT2D eigenvalue weighted by molar-refractivity contribution is 0.175. The highest BCUT2D eigenvalue weighted by atomic mass is 79.9. The van der Waals surface area contributed by atoms with Gasteiger partial charge in [0.15, 0.2) is 0 Å². The Labute approximate surface area is 129 Å². The van der Waals surface area contributed by atoms with E-state index in [9.17, 15) is 13.9 Å². The summed E-state index contributed by atoms with van der Waals surface area (Å²) in [5.74, 6) is -1.39. The lowest BCUT2D eigenvalue weighted by atomic mass is 9.99. The van der Waals surface area contributed by atoms with Gasteiger partial charge in [0.1, 0.15) is 11.6 Å². The number of aliphatic hydroxyl groups is 1. The van der Waals surface area contributed by atoms with Gasteiger partial charge in [0.25, 0.3) is 0 Å². The van der Waals surface area contributed by atoms with Crippen molar-refractivity contribution in [3.63, 3.8) is 0 Å². The van der Waals surface area contributed by atoms with E-state index < -0.39 is 17.7 Å². The van der Waals surface area contributed by atoms with Crippen molar-refractivity contribution in [1.82, 2.24) is 0 Å². The number of rotatable bonds is 3. The molecule has 1 N–H and O–H groups in total. The van der Waals surface area contributed by atoms with Crippen LogP contribution in [0.5, 0.6) is 0 Å². The molecule has 2 aromatic rings. The summed E-state index contributed by atoms with van der Waals surface area (Å²) in [5.41, 5.74) is 1.24. The largest absolute Gasteiger partial charge is 0.388 e. The summed E-state index contributed by atoms with van der Waals surface area (Å²) in [7, 11) is 0. The molecule has 1 nitrogen and oxygen atoms in total. The summed E-state index contributed by atoms with van der Waals surface area (Å²) in [4.78, 5) is 0. The average Bonchev–Trinajstić information content (AvgIpc) is 2.39. The van der Waals surface area contributed by atoms with E-state index in [4.69, 9.17) is 11.6 Å². The Morgan fingerprint density at radius 3 is 2.60 bits per heavy atom. The molecule has 20 heavy (non-hydrogen) atoms. The van der Waals surface area contributed by atoms with Crippen LogP contribution in [0, 0.1) is 18.6 Å². The molecule has 106 valence electrons. The Hall–Kier alpha value is -0.970. The monoisotopic (exact) mass is 360 g/mol. The first kappa shape index (κ1) is 15.4. The van der Waals surface area contributed by atoms with Gasteiger partial charge in [-0.15, -0.1) is 0 Å². The summed E-state index contributed by atoms with van der Waals surface area (Å²) in [6.45, 7) is 1.87. The third kappa shape index (κ3) is 3.19. The summed E-state index contributed by atoms with van der Waals surface area (Å²) < 4.78 is 27.7. The van der Waals surface area contributed by atoms with E-state index >= 15 is 0 Å². The van der Waals surface area contributed by atoms with Crippen LogP contribution in [0.2, 0.25) is 5.02 Å². The molecule has 0 saturated heterocycles. The van der Waals surface area contributed by atoms with Crippen molar-refractivity contribution in [1.29, 1.82) is 0 Å². The maximum Gasteiger partial charge on any atom is 0.143 e. The van der Waals surface area contributed by atoms with Crippen LogP contribution >= 0.6 is 27.5 Å². The predicted molar refractivity (Wildman–Crippen MR) is 78.9 cm³/mol. The number of benzene rings is 2. The fourth-order valence-electron chi connectivity index (χ4n) is 1.96. The average molecular weight is 362 g/mol. The molecule has 0 aliphatic carbocycles. The molecule has 1 atom stereocenters. The van der Waals surface area contributed by atoms with E-state index in [0.717, 1.165) is 11.6 Å². The number of hydrogen-bond donors (Lipinski definition) is 1. The third-order valence-electron chi connectivity index (χ3n) is 3.05. The summed E-state index contributed by atoms with van der Waals surface area (Å²) in [6, 6.07) is 7.60. The fraction of sp³-hybridized carbons (Fsp3) is 0.200. The van der Waals surface area contributed by atoms with Gasteiger partial charge in [-0.3, -0.25) is 0 Å². The maximum absolute atomic E-state index is 13.9. The standard InChI is InChI=1S/C15H12BrClF2O/c1-8-2-3-9(12(17)6-8)14(20)7-10-13(18)5-4-11(16)15(10)19/h2-6,14,20H,7H2,1H3. The molecule has 0 heterocycles. The van der Waals surface area contributed by atoms with Crippen LogP contribution in [0.15, 0.2) is 34.8 Å². The third-order valence-corrected chi connectivity index (χ3v) is 3.99. The Balaban J connectivity index is 2.32. The van der Waals surface area contributed by atoms with Gasteiger partial charge in [-0.1, -0.05) is 23.7 Å². The van der Waals surface area contributed by atoms with E-state index in [1.807, 2.05) is 6.92 Å². The number of aryl methyl sites for hydroxylation is 1. The lowest BCUT2D eigenvalue weighted by Crippen LogP contribution is -2.07. The van der Waals surface area contributed by atoms with Crippen molar-refractivity contribution in [2.75, 3.05) is 0 Å². The van der Waals surface area contributed by atoms with E-state index in [0.29, 0.717) is 10.6 Å². The molecule has 0 aliphatic heterocycles. The van der Waals surface area contributed by atoms with Gasteiger partial charge in [-0.2, -0.15) is 0 Å². The Morgan fingerprint density at radius 2 is 1.95 bits per heavy atom. The molecule has 2 aromatic carbocycles. The Morgan fingerprint density at radius 1 is 1.25 bits per heavy atom. The van der Waals surface area contributed by atoms with E-state index in [-0.39, 0.29) is 16.5 Å². The normalized spacial score (nSPS) is 12.5. The highest BCUT2D eigenvalue weighted by Crippen LogP contribution is 2.30. The lowest BCUT2D eigenvalue weighted by Gasteiger charge is -2.15. The summed E-state index contributed by atoms with van der Waals surface area (Å²) >= 11 is 9.05. The van der Waals surface area contributed by atoms with Crippen molar-refractivity contribution in [3.8, 4) is 0 Å². The van der Waals surface area contributed by atoms with Crippen LogP contribution in [0.25, 0.3) is 0 Å². The molecule has 2 rings (SSSR count). The van der Waals surface area contributed by atoms with Crippen molar-refractivity contribution in [3.05, 3.63) is 68.2 Å². The molecule has 0 spiro atoms. The van der Waals surface area contributed by atoms with E-state index in [1.165, 1.54) is 6.07 Å². The molecule has 0 saturated carbocycles. The summed E-state index contributed by atoms with van der Waals surface area (Å²) in [6.07, 6.45) is -1.25. The van der Waals surface area contributed by atoms with Crippen molar-refractivity contribution in [2.45, 2.75) is 19.4 Å². The fourth-order valence-corrected chi connectivity index (χ4v) is 2.69. The van der Waals surface area contributed by atoms with Crippen LogP contribution < -0.4 is 0 Å². The molecule has 5 heteroatoms. The van der Waals surface area contributed by atoms with Crippen LogP contribution in [0.1, 0.15) is 22.8 Å². The molecule has 0 fully saturated rings. The van der Waals surface area contributed by atoms with Gasteiger partial charge in [0.05, 0.1) is 10.6 Å². The predicted octanol–water partition coefficient (Wildman–Crippen LogP) is 4.97. The number of aliphatic hydroxyl groups excluding tert-OH is 1. The van der Waals surface area contributed by atoms with Crippen LogP contribution in [0.3, 0.4) is 0 Å². The zero-order valence-corrected chi connectivity index (χ0v) is 13.0. The highest BCUT2D eigenvalue weighted by Gasteiger charge is 2.19. The Bertz CT molecular complexity index is 646. The first-order valence-corrected chi connectivity index (χ1v) is 7.13. The zero-order valence-electron chi connectivity index (χ0n) is 10.6. The van der Waals surface area contributed by atoms with Gasteiger partial charge in [-0.25, -0.2) is 8.78 Å². The molecule has 1 unspecified atom stereocenters. The first-order valence-electron chi connectivity index (χ1n) is 5.96. The molecule has 0 radical (unpaired) electrons. The smallest absolute Gasteiger partial charge is 0.143 e. The number of hydrogen-bond acceptors (Lipinski definition) is 1. The molecular weight excluding hydrogens is 350 g/mol. The SMILES string of the molecule is Cc1ccc(C(O)Cc2c(F)ccc(Br)c2F)c(Cl)c1. The summed E-state index contributed by atoms with van der Waals surface area (Å²) in [5, 5.41) is 10.5. The van der Waals surface area contributed by atoms with Crippen LogP contribution in [0.4, 0.5) is 8.78 Å². The zero-order chi connectivity index (χ0) is 14.9. The van der Waals surface area contributed by atoms with E-state index in [2.05, 4.69) is 15.9 Å². The number of halogens is 4. The van der Waals surface area contributed by atoms with E-state index in [1.54, 1.807) is 18.2 Å². The first-order chi connectivity index (χ1) is 9.40. The Kier molecular flexibility index (Phi) is 4.78. The molecule has 0 aromatic heterocycles. The van der Waals surface area contributed by atoms with Gasteiger partial charge in [0.2, 0.25) is 0 Å². The topological polar surface area (TPSA) is 20.2 Å². The van der Waals surface area contributed by atoms with Crippen molar-refractivity contribution < 1.29 is 13.9 Å². The molecule has 0 bridgehead atoms. The molecular formula is C15H12BrClF2O. The van der Waals surface area contributed by atoms with Crippen molar-refractivity contribution in [2.24, 2.45) is 0 Å². The second kappa shape index (κ2) is 6.20. The van der Waals surface area contributed by atoms with Gasteiger partial charge in [0, 0.05) is 17.0 Å².